The molecule has 0 saturated carbocycles. The van der Waals surface area contributed by atoms with E-state index in [1.54, 1.807) is 38.1 Å². The van der Waals surface area contributed by atoms with Gasteiger partial charge in [0.25, 0.3) is 5.91 Å². The monoisotopic (exact) mass is 530 g/mol. The molecule has 2 aromatic carbocycles. The van der Waals surface area contributed by atoms with Crippen LogP contribution in [0, 0.1) is 6.92 Å². The first-order chi connectivity index (χ1) is 17.2. The number of ether oxygens (including phenoxy) is 2. The number of aliphatic carboxylic acids is 1. The maximum atomic E-state index is 13.1. The Labute approximate surface area is 220 Å². The van der Waals surface area contributed by atoms with Crippen LogP contribution in [0.4, 0.5) is 0 Å². The fraction of sp³-hybridized carbons (Fsp3) is 0.370. The van der Waals surface area contributed by atoms with E-state index in [0.717, 1.165) is 22.4 Å². The fourth-order valence-corrected chi connectivity index (χ4v) is 4.70. The first-order valence-corrected chi connectivity index (χ1v) is 13.0. The molecule has 1 heterocycles. The molecule has 36 heavy (non-hydrogen) atoms. The second-order valence-corrected chi connectivity index (χ2v) is 10.2. The second kappa shape index (κ2) is 12.9. The van der Waals surface area contributed by atoms with Crippen LogP contribution in [-0.4, -0.2) is 47.3 Å². The lowest BCUT2D eigenvalue weighted by Crippen LogP contribution is -2.40. The van der Waals surface area contributed by atoms with Crippen molar-refractivity contribution in [1.82, 2.24) is 10.3 Å². The van der Waals surface area contributed by atoms with Crippen molar-refractivity contribution in [2.24, 2.45) is 0 Å². The van der Waals surface area contributed by atoms with Gasteiger partial charge in [0.15, 0.2) is 6.10 Å². The molecule has 2 atom stereocenters. The maximum absolute atomic E-state index is 13.1. The predicted octanol–water partition coefficient (Wildman–Crippen LogP) is 5.95. The number of hydrogen-bond acceptors (Lipinski definition) is 6. The molecule has 0 bridgehead atoms. The lowest BCUT2D eigenvalue weighted by atomic mass is 9.92. The Morgan fingerprint density at radius 2 is 1.78 bits per heavy atom. The number of amides is 1. The van der Waals surface area contributed by atoms with E-state index < -0.39 is 18.0 Å². The van der Waals surface area contributed by atoms with Crippen LogP contribution in [0.25, 0.3) is 10.6 Å². The number of aryl methyl sites for hydroxylation is 1. The van der Waals surface area contributed by atoms with Crippen molar-refractivity contribution in [2.75, 3.05) is 13.2 Å². The van der Waals surface area contributed by atoms with Crippen molar-refractivity contribution >= 4 is 34.8 Å². The van der Waals surface area contributed by atoms with Gasteiger partial charge in [-0.3, -0.25) is 4.79 Å². The first kappa shape index (κ1) is 27.6. The van der Waals surface area contributed by atoms with Gasteiger partial charge in [0.05, 0.1) is 12.7 Å². The summed E-state index contributed by atoms with van der Waals surface area (Å²) in [6.07, 6.45) is -0.566. The molecule has 3 aromatic rings. The minimum Gasteiger partial charge on any atom is -0.494 e. The van der Waals surface area contributed by atoms with Crippen LogP contribution < -0.4 is 10.1 Å². The van der Waals surface area contributed by atoms with E-state index in [9.17, 15) is 14.7 Å². The molecule has 2 unspecified atom stereocenters. The molecule has 0 aliphatic carbocycles. The molecule has 9 heteroatoms. The van der Waals surface area contributed by atoms with Gasteiger partial charge >= 0.3 is 5.97 Å². The zero-order valence-electron chi connectivity index (χ0n) is 20.8. The summed E-state index contributed by atoms with van der Waals surface area (Å²) in [6, 6.07) is 14.5. The van der Waals surface area contributed by atoms with Crippen molar-refractivity contribution in [1.29, 1.82) is 0 Å². The molecule has 3 rings (SSSR count). The highest BCUT2D eigenvalue weighted by atomic mass is 35.5. The van der Waals surface area contributed by atoms with Gasteiger partial charge in [-0.25, -0.2) is 9.78 Å². The molecule has 0 radical (unpaired) electrons. The third-order valence-electron chi connectivity index (χ3n) is 5.39. The zero-order valence-corrected chi connectivity index (χ0v) is 22.4. The SMILES string of the molecule is CCCOc1ccc(C(CNC(=O)c2nc(-c3ccc(Cl)cc3)sc2C)C(OC(C)C)C(=O)O)cc1. The van der Waals surface area contributed by atoms with E-state index in [4.69, 9.17) is 21.1 Å². The number of rotatable bonds is 12. The third kappa shape index (κ3) is 7.29. The van der Waals surface area contributed by atoms with E-state index in [2.05, 4.69) is 10.3 Å². The first-order valence-electron chi connectivity index (χ1n) is 11.8. The highest BCUT2D eigenvalue weighted by Crippen LogP contribution is 2.29. The van der Waals surface area contributed by atoms with E-state index in [-0.39, 0.29) is 18.6 Å². The van der Waals surface area contributed by atoms with Crippen molar-refractivity contribution in [3.63, 3.8) is 0 Å². The molecule has 0 saturated heterocycles. The number of carbonyl (C=O) groups excluding carboxylic acids is 1. The molecular weight excluding hydrogens is 500 g/mol. The largest absolute Gasteiger partial charge is 0.494 e. The van der Waals surface area contributed by atoms with E-state index in [0.29, 0.717) is 28.1 Å². The van der Waals surface area contributed by atoms with Crippen LogP contribution in [0.3, 0.4) is 0 Å². The highest BCUT2D eigenvalue weighted by molar-refractivity contribution is 7.15. The van der Waals surface area contributed by atoms with Gasteiger partial charge in [0, 0.05) is 27.9 Å². The second-order valence-electron chi connectivity index (χ2n) is 8.61. The molecular formula is C27H31ClN2O5S. The van der Waals surface area contributed by atoms with Gasteiger partial charge in [-0.2, -0.15) is 0 Å². The minimum absolute atomic E-state index is 0.0604. The lowest BCUT2D eigenvalue weighted by Gasteiger charge is -2.26. The van der Waals surface area contributed by atoms with Crippen molar-refractivity contribution in [3.05, 3.63) is 69.7 Å². The average Bonchev–Trinajstić information content (AvgIpc) is 3.24. The Morgan fingerprint density at radius 1 is 1.11 bits per heavy atom. The van der Waals surface area contributed by atoms with Crippen molar-refractivity contribution < 1.29 is 24.2 Å². The van der Waals surface area contributed by atoms with Gasteiger partial charge in [0.1, 0.15) is 16.5 Å². The van der Waals surface area contributed by atoms with Gasteiger partial charge in [-0.1, -0.05) is 42.8 Å². The summed E-state index contributed by atoms with van der Waals surface area (Å²) in [4.78, 5) is 30.5. The topological polar surface area (TPSA) is 97.8 Å². The molecule has 0 aliphatic heterocycles. The van der Waals surface area contributed by atoms with Gasteiger partial charge < -0.3 is 19.9 Å². The van der Waals surface area contributed by atoms with Gasteiger partial charge in [-0.05, 0) is 57.0 Å². The number of nitrogens with zero attached hydrogens (tertiary/aromatic N) is 1. The number of carboxylic acids is 1. The summed E-state index contributed by atoms with van der Waals surface area (Å²) < 4.78 is 11.4. The lowest BCUT2D eigenvalue weighted by molar-refractivity contribution is -0.155. The molecule has 0 aliphatic rings. The minimum atomic E-state index is -1.14. The number of carbonyl (C=O) groups is 2. The fourth-order valence-electron chi connectivity index (χ4n) is 3.66. The van der Waals surface area contributed by atoms with Crippen LogP contribution in [0.1, 0.15) is 54.0 Å². The summed E-state index contributed by atoms with van der Waals surface area (Å²) >= 11 is 7.39. The quantitative estimate of drug-likeness (QED) is 0.300. The van der Waals surface area contributed by atoms with E-state index in [1.165, 1.54) is 11.3 Å². The van der Waals surface area contributed by atoms with Crippen molar-refractivity contribution in [2.45, 2.75) is 52.2 Å². The predicted molar refractivity (Wildman–Crippen MR) is 142 cm³/mol. The Hall–Kier alpha value is -2.94. The molecule has 192 valence electrons. The number of halogens is 1. The van der Waals surface area contributed by atoms with Gasteiger partial charge in [-0.15, -0.1) is 11.3 Å². The molecule has 7 nitrogen and oxygen atoms in total. The van der Waals surface area contributed by atoms with Crippen LogP contribution in [0.15, 0.2) is 48.5 Å². The Kier molecular flexibility index (Phi) is 9.87. The number of thiazole rings is 1. The normalized spacial score (nSPS) is 12.8. The summed E-state index contributed by atoms with van der Waals surface area (Å²) in [6.45, 7) is 8.08. The Balaban J connectivity index is 1.81. The number of aromatic nitrogens is 1. The van der Waals surface area contributed by atoms with Crippen LogP contribution in [0.5, 0.6) is 5.75 Å². The number of benzene rings is 2. The molecule has 1 aromatic heterocycles. The Bertz CT molecular complexity index is 1160. The average molecular weight is 531 g/mol. The standard InChI is InChI=1S/C27H31ClN2O5S/c1-5-14-34-21-12-8-18(9-13-21)22(24(27(32)33)35-16(2)3)15-29-25(31)23-17(4)36-26(30-23)19-6-10-20(28)11-7-19/h6-13,16,22,24H,5,14-15H2,1-4H3,(H,29,31)(H,32,33). The summed E-state index contributed by atoms with van der Waals surface area (Å²) in [5.41, 5.74) is 1.90. The van der Waals surface area contributed by atoms with Crippen LogP contribution in [-0.2, 0) is 9.53 Å². The van der Waals surface area contributed by atoms with Crippen molar-refractivity contribution in [3.8, 4) is 16.3 Å². The summed E-state index contributed by atoms with van der Waals surface area (Å²) in [7, 11) is 0. The number of nitrogens with one attached hydrogen (secondary N) is 1. The molecule has 0 spiro atoms. The summed E-state index contributed by atoms with van der Waals surface area (Å²) in [5, 5.41) is 14.1. The summed E-state index contributed by atoms with van der Waals surface area (Å²) in [5.74, 6) is -1.38. The van der Waals surface area contributed by atoms with E-state index >= 15 is 0 Å². The van der Waals surface area contributed by atoms with Gasteiger partial charge in [0.2, 0.25) is 0 Å². The van der Waals surface area contributed by atoms with Crippen LogP contribution >= 0.6 is 22.9 Å². The molecule has 1 amide bonds. The zero-order chi connectivity index (χ0) is 26.2. The molecule has 0 fully saturated rings. The molecule has 2 N–H and O–H groups in total. The number of carboxylic acid groups (broad SMARTS) is 1. The highest BCUT2D eigenvalue weighted by Gasteiger charge is 2.32. The van der Waals surface area contributed by atoms with E-state index in [1.807, 2.05) is 38.1 Å². The smallest absolute Gasteiger partial charge is 0.333 e. The third-order valence-corrected chi connectivity index (χ3v) is 6.67. The number of hydrogen-bond donors (Lipinski definition) is 2. The maximum Gasteiger partial charge on any atom is 0.333 e. The van der Waals surface area contributed by atoms with Crippen LogP contribution in [0.2, 0.25) is 5.02 Å². The Morgan fingerprint density at radius 3 is 2.36 bits per heavy atom.